The van der Waals surface area contributed by atoms with Gasteiger partial charge in [0.15, 0.2) is 4.80 Å². The molecule has 0 aliphatic heterocycles. The van der Waals surface area contributed by atoms with Crippen LogP contribution in [-0.2, 0) is 16.6 Å². The zero-order chi connectivity index (χ0) is 25.2. The number of amides is 1. The summed E-state index contributed by atoms with van der Waals surface area (Å²) in [7, 11) is -3.85. The Kier molecular flexibility index (Phi) is 7.13. The van der Waals surface area contributed by atoms with E-state index in [2.05, 4.69) is 41.6 Å². The van der Waals surface area contributed by atoms with E-state index in [0.717, 1.165) is 10.2 Å². The molecule has 0 atom stereocenters. The average molecular weight is 524 g/mol. The first-order chi connectivity index (χ1) is 16.7. The van der Waals surface area contributed by atoms with Crippen LogP contribution < -0.4 is 9.52 Å². The van der Waals surface area contributed by atoms with Crippen molar-refractivity contribution in [2.24, 2.45) is 4.99 Å². The minimum Gasteiger partial charge on any atom is -0.305 e. The third-order valence-electron chi connectivity index (χ3n) is 5.31. The lowest BCUT2D eigenvalue weighted by Gasteiger charge is -2.09. The molecule has 9 heteroatoms. The van der Waals surface area contributed by atoms with E-state index in [-0.39, 0.29) is 22.7 Å². The van der Waals surface area contributed by atoms with Gasteiger partial charge in [0, 0.05) is 16.3 Å². The number of hydrogen-bond acceptors (Lipinski definition) is 4. The maximum Gasteiger partial charge on any atom is 0.279 e. The Labute approximate surface area is 213 Å². The van der Waals surface area contributed by atoms with Crippen molar-refractivity contribution < 1.29 is 13.2 Å². The quantitative estimate of drug-likeness (QED) is 0.331. The molecule has 1 N–H and O–H groups in total. The lowest BCUT2D eigenvalue weighted by Crippen LogP contribution is -2.17. The fourth-order valence-corrected chi connectivity index (χ4v) is 5.72. The number of carbonyl (C=O) groups is 1. The number of thiazole rings is 1. The van der Waals surface area contributed by atoms with Gasteiger partial charge in [0.25, 0.3) is 15.9 Å². The van der Waals surface area contributed by atoms with Crippen LogP contribution in [0.2, 0.25) is 5.02 Å². The predicted octanol–water partition coefficient (Wildman–Crippen LogP) is 5.65. The number of halogens is 1. The van der Waals surface area contributed by atoms with Crippen LogP contribution in [0.3, 0.4) is 0 Å². The van der Waals surface area contributed by atoms with Gasteiger partial charge in [-0.25, -0.2) is 8.42 Å². The van der Waals surface area contributed by atoms with E-state index in [4.69, 9.17) is 18.0 Å². The second-order valence-corrected chi connectivity index (χ2v) is 11.2. The first kappa shape index (κ1) is 24.7. The minimum atomic E-state index is -3.85. The van der Waals surface area contributed by atoms with Gasteiger partial charge in [-0.3, -0.25) is 9.52 Å². The number of sulfonamides is 1. The minimum absolute atomic E-state index is 0.0599. The summed E-state index contributed by atoms with van der Waals surface area (Å²) in [5, 5.41) is 0.432. The lowest BCUT2D eigenvalue weighted by molar-refractivity contribution is 0.0998. The fourth-order valence-electron chi connectivity index (χ4n) is 3.47. The summed E-state index contributed by atoms with van der Waals surface area (Å²) in [6, 6.07) is 18.1. The van der Waals surface area contributed by atoms with Crippen molar-refractivity contribution in [1.82, 2.24) is 4.57 Å². The Morgan fingerprint density at radius 3 is 2.57 bits per heavy atom. The second kappa shape index (κ2) is 10.1. The predicted molar refractivity (Wildman–Crippen MR) is 141 cm³/mol. The Hall–Kier alpha value is -3.38. The maximum absolute atomic E-state index is 13.0. The lowest BCUT2D eigenvalue weighted by atomic mass is 10.0. The maximum atomic E-state index is 13.0. The van der Waals surface area contributed by atoms with Crippen LogP contribution in [0.15, 0.2) is 76.6 Å². The molecule has 6 nitrogen and oxygen atoms in total. The molecule has 0 bridgehead atoms. The first-order valence-electron chi connectivity index (χ1n) is 10.7. The van der Waals surface area contributed by atoms with Crippen molar-refractivity contribution in [3.05, 3.63) is 87.7 Å². The topological polar surface area (TPSA) is 80.5 Å². The number of nitrogens with zero attached hydrogens (tertiary/aromatic N) is 2. The second-order valence-electron chi connectivity index (χ2n) is 8.11. The van der Waals surface area contributed by atoms with Crippen molar-refractivity contribution in [2.45, 2.75) is 31.2 Å². The third kappa shape index (κ3) is 5.49. The summed E-state index contributed by atoms with van der Waals surface area (Å²) in [6.45, 7) is 4.51. The molecule has 0 aliphatic carbocycles. The Morgan fingerprint density at radius 2 is 1.89 bits per heavy atom. The van der Waals surface area contributed by atoms with Gasteiger partial charge in [-0.1, -0.05) is 54.8 Å². The van der Waals surface area contributed by atoms with Gasteiger partial charge in [0.2, 0.25) is 0 Å². The first-order valence-corrected chi connectivity index (χ1v) is 13.4. The number of aromatic nitrogens is 1. The van der Waals surface area contributed by atoms with Gasteiger partial charge in [0.1, 0.15) is 0 Å². The van der Waals surface area contributed by atoms with Crippen LogP contribution in [0.4, 0.5) is 5.69 Å². The van der Waals surface area contributed by atoms with E-state index in [1.165, 1.54) is 47.2 Å². The molecule has 35 heavy (non-hydrogen) atoms. The zero-order valence-electron chi connectivity index (χ0n) is 19.0. The van der Waals surface area contributed by atoms with Crippen LogP contribution in [0, 0.1) is 12.3 Å². The Morgan fingerprint density at radius 1 is 1.14 bits per heavy atom. The van der Waals surface area contributed by atoms with Crippen LogP contribution in [0.5, 0.6) is 0 Å². The molecule has 0 fully saturated rings. The van der Waals surface area contributed by atoms with E-state index in [1.807, 2.05) is 10.6 Å². The van der Waals surface area contributed by atoms with Gasteiger partial charge in [0.05, 0.1) is 21.7 Å². The van der Waals surface area contributed by atoms with Crippen molar-refractivity contribution in [3.63, 3.8) is 0 Å². The number of hydrogen-bond donors (Lipinski definition) is 1. The van der Waals surface area contributed by atoms with Gasteiger partial charge >= 0.3 is 0 Å². The number of benzene rings is 3. The molecule has 0 unspecified atom stereocenters. The molecule has 1 heterocycles. The van der Waals surface area contributed by atoms with Crippen molar-refractivity contribution >= 4 is 54.8 Å². The molecule has 3 aromatic carbocycles. The summed E-state index contributed by atoms with van der Waals surface area (Å²) in [5.74, 6) is 2.48. The molecule has 0 saturated carbocycles. The number of terminal acetylenes is 1. The summed E-state index contributed by atoms with van der Waals surface area (Å²) in [4.78, 5) is 17.9. The highest BCUT2D eigenvalue weighted by atomic mass is 35.5. The molecular weight excluding hydrogens is 502 g/mol. The molecule has 4 rings (SSSR count). The van der Waals surface area contributed by atoms with Crippen molar-refractivity contribution in [2.75, 3.05) is 4.72 Å². The van der Waals surface area contributed by atoms with E-state index in [9.17, 15) is 13.2 Å². The highest BCUT2D eigenvalue weighted by Gasteiger charge is 2.16. The van der Waals surface area contributed by atoms with E-state index < -0.39 is 15.9 Å². The smallest absolute Gasteiger partial charge is 0.279 e. The van der Waals surface area contributed by atoms with Crippen molar-refractivity contribution in [1.29, 1.82) is 0 Å². The van der Waals surface area contributed by atoms with Gasteiger partial charge in [-0.15, -0.1) is 6.42 Å². The molecule has 0 spiro atoms. The summed E-state index contributed by atoms with van der Waals surface area (Å²) in [5.41, 5.74) is 2.59. The van der Waals surface area contributed by atoms with Crippen LogP contribution in [0.25, 0.3) is 10.2 Å². The highest BCUT2D eigenvalue weighted by Crippen LogP contribution is 2.24. The molecule has 0 radical (unpaired) electrons. The van der Waals surface area contributed by atoms with Crippen LogP contribution >= 0.6 is 22.9 Å². The number of carbonyl (C=O) groups excluding carboxylic acids is 1. The number of fused-ring (bicyclic) bond motifs is 1. The normalized spacial score (nSPS) is 12.1. The monoisotopic (exact) mass is 523 g/mol. The summed E-state index contributed by atoms with van der Waals surface area (Å²) >= 11 is 7.24. The van der Waals surface area contributed by atoms with Gasteiger partial charge in [-0.05, 0) is 66.1 Å². The molecule has 0 saturated heterocycles. The van der Waals surface area contributed by atoms with Crippen LogP contribution in [0.1, 0.15) is 35.7 Å². The standard InChI is InChI=1S/C26H22ClN3O3S2/c1-4-14-30-23-13-8-18(17(2)3)16-24(23)34-26(30)28-25(31)19-6-5-7-21(15-19)29-35(32,33)22-11-9-20(27)10-12-22/h1,5-13,15-17,29H,14H2,2-3H3. The number of rotatable bonds is 6. The molecular formula is C26H22ClN3O3S2. The number of anilines is 1. The van der Waals surface area contributed by atoms with E-state index in [1.54, 1.807) is 18.2 Å². The van der Waals surface area contributed by atoms with E-state index in [0.29, 0.717) is 15.7 Å². The molecule has 0 aliphatic rings. The van der Waals surface area contributed by atoms with E-state index >= 15 is 0 Å². The third-order valence-corrected chi connectivity index (χ3v) is 8.00. The molecule has 178 valence electrons. The Bertz CT molecular complexity index is 1630. The number of nitrogens with one attached hydrogen (secondary N) is 1. The summed E-state index contributed by atoms with van der Waals surface area (Å²) in [6.07, 6.45) is 5.57. The van der Waals surface area contributed by atoms with Gasteiger partial charge in [-0.2, -0.15) is 4.99 Å². The largest absolute Gasteiger partial charge is 0.305 e. The average Bonchev–Trinajstić information content (AvgIpc) is 3.15. The van der Waals surface area contributed by atoms with Gasteiger partial charge < -0.3 is 4.57 Å². The van der Waals surface area contributed by atoms with Crippen LogP contribution in [-0.4, -0.2) is 18.9 Å². The Balaban J connectivity index is 1.68. The zero-order valence-corrected chi connectivity index (χ0v) is 21.4. The fraction of sp³-hybridized carbons (Fsp3) is 0.154. The molecule has 1 amide bonds. The SMILES string of the molecule is C#CCn1c(=NC(=O)c2cccc(NS(=O)(=O)c3ccc(Cl)cc3)c2)sc2cc(C(C)C)ccc21. The summed E-state index contributed by atoms with van der Waals surface area (Å²) < 4.78 is 30.7. The van der Waals surface area contributed by atoms with Crippen molar-refractivity contribution in [3.8, 4) is 12.3 Å². The molecule has 4 aromatic rings. The highest BCUT2D eigenvalue weighted by molar-refractivity contribution is 7.92. The molecule has 1 aromatic heterocycles.